The lowest BCUT2D eigenvalue weighted by molar-refractivity contribution is -0.115. The zero-order valence-electron chi connectivity index (χ0n) is 14.3. The first kappa shape index (κ1) is 18.3. The minimum absolute atomic E-state index is 0.0278. The second kappa shape index (κ2) is 9.93. The summed E-state index contributed by atoms with van der Waals surface area (Å²) in [5.74, 6) is -0.228. The molecule has 1 aliphatic rings. The first-order valence-corrected chi connectivity index (χ1v) is 8.68. The van der Waals surface area contributed by atoms with E-state index in [1.54, 1.807) is 4.90 Å². The lowest BCUT2D eigenvalue weighted by Gasteiger charge is -2.21. The van der Waals surface area contributed by atoms with Crippen molar-refractivity contribution < 1.29 is 14.3 Å². The third kappa shape index (κ3) is 6.20. The molecule has 1 saturated heterocycles. The molecular formula is C18H27N3O3. The molecule has 0 bridgehead atoms. The minimum atomic E-state index is -0.228. The van der Waals surface area contributed by atoms with Crippen LogP contribution in [-0.2, 0) is 9.53 Å². The summed E-state index contributed by atoms with van der Waals surface area (Å²) in [5.41, 5.74) is 0.724. The third-order valence-electron chi connectivity index (χ3n) is 3.98. The van der Waals surface area contributed by atoms with E-state index in [2.05, 4.69) is 17.6 Å². The molecule has 0 aliphatic carbocycles. The molecule has 1 aromatic rings. The van der Waals surface area contributed by atoms with E-state index in [9.17, 15) is 9.59 Å². The third-order valence-corrected chi connectivity index (χ3v) is 3.98. The lowest BCUT2D eigenvalue weighted by Crippen LogP contribution is -2.43. The molecule has 1 heterocycles. The van der Waals surface area contributed by atoms with Crippen molar-refractivity contribution in [1.29, 1.82) is 0 Å². The molecule has 3 amide bonds. The van der Waals surface area contributed by atoms with E-state index < -0.39 is 0 Å². The van der Waals surface area contributed by atoms with Crippen LogP contribution in [0.5, 0.6) is 0 Å². The molecule has 1 unspecified atom stereocenters. The second-order valence-corrected chi connectivity index (χ2v) is 5.98. The van der Waals surface area contributed by atoms with Crippen LogP contribution in [0.15, 0.2) is 30.3 Å². The summed E-state index contributed by atoms with van der Waals surface area (Å²) in [6, 6.07) is 9.02. The first-order chi connectivity index (χ1) is 11.7. The number of nitrogens with one attached hydrogen (secondary N) is 2. The molecule has 6 nitrogen and oxygen atoms in total. The van der Waals surface area contributed by atoms with E-state index in [1.807, 2.05) is 30.3 Å². The molecule has 1 aromatic carbocycles. The summed E-state index contributed by atoms with van der Waals surface area (Å²) in [7, 11) is 0. The van der Waals surface area contributed by atoms with Crippen LogP contribution >= 0.6 is 0 Å². The maximum absolute atomic E-state index is 12.2. The molecule has 1 fully saturated rings. The van der Waals surface area contributed by atoms with Crippen molar-refractivity contribution in [3.05, 3.63) is 30.3 Å². The van der Waals surface area contributed by atoms with Gasteiger partial charge in [-0.2, -0.15) is 0 Å². The van der Waals surface area contributed by atoms with Crippen LogP contribution in [0.25, 0.3) is 0 Å². The first-order valence-electron chi connectivity index (χ1n) is 8.68. The van der Waals surface area contributed by atoms with Crippen LogP contribution < -0.4 is 10.6 Å². The van der Waals surface area contributed by atoms with E-state index >= 15 is 0 Å². The number of anilines is 1. The molecule has 1 atom stereocenters. The highest BCUT2D eigenvalue weighted by Gasteiger charge is 2.21. The maximum Gasteiger partial charge on any atom is 0.317 e. The average Bonchev–Trinajstić information content (AvgIpc) is 2.84. The van der Waals surface area contributed by atoms with Gasteiger partial charge >= 0.3 is 6.03 Å². The Morgan fingerprint density at radius 1 is 1.21 bits per heavy atom. The van der Waals surface area contributed by atoms with Crippen molar-refractivity contribution in [1.82, 2.24) is 10.2 Å². The summed E-state index contributed by atoms with van der Waals surface area (Å²) >= 11 is 0. The molecule has 1 aliphatic heterocycles. The van der Waals surface area contributed by atoms with Gasteiger partial charge in [-0.15, -0.1) is 0 Å². The second-order valence-electron chi connectivity index (χ2n) is 5.98. The zero-order valence-corrected chi connectivity index (χ0v) is 14.3. The maximum atomic E-state index is 12.2. The quantitative estimate of drug-likeness (QED) is 0.841. The van der Waals surface area contributed by atoms with Crippen molar-refractivity contribution in [3.63, 3.8) is 0 Å². The predicted octanol–water partition coefficient (Wildman–Crippen LogP) is 2.62. The fourth-order valence-electron chi connectivity index (χ4n) is 2.71. The number of hydrogen-bond acceptors (Lipinski definition) is 3. The number of amides is 3. The van der Waals surface area contributed by atoms with Gasteiger partial charge in [-0.1, -0.05) is 25.1 Å². The van der Waals surface area contributed by atoms with Crippen LogP contribution in [0.4, 0.5) is 10.5 Å². The Hall–Kier alpha value is -2.08. The summed E-state index contributed by atoms with van der Waals surface area (Å²) in [4.78, 5) is 25.9. The van der Waals surface area contributed by atoms with Crippen LogP contribution in [-0.4, -0.2) is 49.2 Å². The molecular weight excluding hydrogens is 306 g/mol. The standard InChI is InChI=1S/C18H27N3O3/c1-2-13-24-16-9-6-11-21(12-10-16)18(23)19-14-17(22)20-15-7-4-3-5-8-15/h3-5,7-8,16H,2,6,9-14H2,1H3,(H,19,23)(H,20,22). The monoisotopic (exact) mass is 333 g/mol. The Bertz CT molecular complexity index is 522. The van der Waals surface area contributed by atoms with Crippen LogP contribution in [0.2, 0.25) is 0 Å². The summed E-state index contributed by atoms with van der Waals surface area (Å²) in [6.07, 6.45) is 4.01. The smallest absolute Gasteiger partial charge is 0.317 e. The zero-order chi connectivity index (χ0) is 17.2. The van der Waals surface area contributed by atoms with Gasteiger partial charge in [0.25, 0.3) is 0 Å². The molecule has 0 radical (unpaired) electrons. The Morgan fingerprint density at radius 3 is 2.75 bits per heavy atom. The van der Waals surface area contributed by atoms with Crippen molar-refractivity contribution >= 4 is 17.6 Å². The number of hydrogen-bond donors (Lipinski definition) is 2. The van der Waals surface area contributed by atoms with Gasteiger partial charge < -0.3 is 20.3 Å². The van der Waals surface area contributed by atoms with E-state index in [1.165, 1.54) is 0 Å². The van der Waals surface area contributed by atoms with Gasteiger partial charge in [0.15, 0.2) is 0 Å². The number of carbonyl (C=O) groups excluding carboxylic acids is 2. The summed E-state index contributed by atoms with van der Waals surface area (Å²) < 4.78 is 5.78. The average molecular weight is 333 g/mol. The van der Waals surface area contributed by atoms with Gasteiger partial charge in [-0.05, 0) is 37.8 Å². The van der Waals surface area contributed by atoms with Gasteiger partial charge in [-0.3, -0.25) is 4.79 Å². The largest absolute Gasteiger partial charge is 0.378 e. The number of rotatable bonds is 6. The van der Waals surface area contributed by atoms with Gasteiger partial charge in [0.1, 0.15) is 0 Å². The van der Waals surface area contributed by atoms with Crippen molar-refractivity contribution in [3.8, 4) is 0 Å². The Morgan fingerprint density at radius 2 is 2.00 bits per heavy atom. The molecule has 0 aromatic heterocycles. The predicted molar refractivity (Wildman–Crippen MR) is 93.9 cm³/mol. The summed E-state index contributed by atoms with van der Waals surface area (Å²) in [5, 5.41) is 5.44. The number of para-hydroxylation sites is 1. The Labute approximate surface area is 143 Å². The van der Waals surface area contributed by atoms with E-state index in [0.29, 0.717) is 13.1 Å². The Kier molecular flexibility index (Phi) is 7.55. The van der Waals surface area contributed by atoms with Gasteiger partial charge in [-0.25, -0.2) is 4.79 Å². The minimum Gasteiger partial charge on any atom is -0.378 e. The van der Waals surface area contributed by atoms with Crippen molar-refractivity contribution in [2.45, 2.75) is 38.7 Å². The molecule has 0 saturated carbocycles. The van der Waals surface area contributed by atoms with E-state index in [0.717, 1.165) is 38.0 Å². The number of benzene rings is 1. The highest BCUT2D eigenvalue weighted by molar-refractivity contribution is 5.94. The van der Waals surface area contributed by atoms with Crippen LogP contribution in [0.3, 0.4) is 0 Å². The molecule has 2 rings (SSSR count). The van der Waals surface area contributed by atoms with E-state index in [4.69, 9.17) is 4.74 Å². The highest BCUT2D eigenvalue weighted by atomic mass is 16.5. The van der Waals surface area contributed by atoms with Gasteiger partial charge in [0.05, 0.1) is 12.6 Å². The topological polar surface area (TPSA) is 70.7 Å². The molecule has 24 heavy (non-hydrogen) atoms. The summed E-state index contributed by atoms with van der Waals surface area (Å²) in [6.45, 7) is 4.21. The van der Waals surface area contributed by atoms with Crippen LogP contribution in [0.1, 0.15) is 32.6 Å². The number of urea groups is 1. The lowest BCUT2D eigenvalue weighted by atomic mass is 10.2. The fourth-order valence-corrected chi connectivity index (χ4v) is 2.71. The Balaban J connectivity index is 1.71. The van der Waals surface area contributed by atoms with Crippen LogP contribution in [0, 0.1) is 0 Å². The van der Waals surface area contributed by atoms with Crippen molar-refractivity contribution in [2.75, 3.05) is 31.6 Å². The van der Waals surface area contributed by atoms with Gasteiger partial charge in [0.2, 0.25) is 5.91 Å². The van der Waals surface area contributed by atoms with E-state index in [-0.39, 0.29) is 24.6 Å². The number of ether oxygens (including phenoxy) is 1. The normalized spacial score (nSPS) is 17.9. The number of nitrogens with zero attached hydrogens (tertiary/aromatic N) is 1. The SMILES string of the molecule is CCCOC1CCCN(C(=O)NCC(=O)Nc2ccccc2)CC1. The number of carbonyl (C=O) groups is 2. The fraction of sp³-hybridized carbons (Fsp3) is 0.556. The number of likely N-dealkylation sites (tertiary alicyclic amines) is 1. The molecule has 0 spiro atoms. The highest BCUT2D eigenvalue weighted by Crippen LogP contribution is 2.14. The molecule has 132 valence electrons. The molecule has 6 heteroatoms. The van der Waals surface area contributed by atoms with Crippen molar-refractivity contribution in [2.24, 2.45) is 0 Å². The van der Waals surface area contributed by atoms with Gasteiger partial charge in [0, 0.05) is 25.4 Å². The molecule has 2 N–H and O–H groups in total.